The minimum Gasteiger partial charge on any atom is -0.308 e. The summed E-state index contributed by atoms with van der Waals surface area (Å²) < 4.78 is 23.9. The van der Waals surface area contributed by atoms with E-state index in [4.69, 9.17) is 21.3 Å². The lowest BCUT2D eigenvalue weighted by Gasteiger charge is -2.59. The Hall–Kier alpha value is 0.590. The maximum Gasteiger partial charge on any atom is 0.345 e. The highest BCUT2D eigenvalue weighted by molar-refractivity contribution is 8.15. The number of hydrogen-bond donors (Lipinski definition) is 0. The third kappa shape index (κ3) is 1.78. The molecule has 6 heteroatoms. The molecular formula is C13H23O3PS2. The van der Waals surface area contributed by atoms with Crippen LogP contribution in [0.25, 0.3) is 0 Å². The zero-order valence-corrected chi connectivity index (χ0v) is 15.0. The Bertz CT molecular complexity index is 431. The Morgan fingerprint density at radius 1 is 1.16 bits per heavy atom. The van der Waals surface area contributed by atoms with Crippen molar-refractivity contribution in [2.24, 2.45) is 10.8 Å². The first-order valence-corrected chi connectivity index (χ1v) is 9.63. The van der Waals surface area contributed by atoms with Crippen LogP contribution < -0.4 is 0 Å². The summed E-state index contributed by atoms with van der Waals surface area (Å²) in [6.45, 7) is 13.1. The molecule has 0 aromatic rings. The van der Waals surface area contributed by atoms with E-state index in [1.54, 1.807) is 11.8 Å². The van der Waals surface area contributed by atoms with E-state index in [-0.39, 0.29) is 20.6 Å². The molecule has 2 aliphatic rings. The van der Waals surface area contributed by atoms with Gasteiger partial charge in [0.2, 0.25) is 0 Å². The summed E-state index contributed by atoms with van der Waals surface area (Å²) in [5, 5.41) is 0. The average Bonchev–Trinajstić information content (AvgIpc) is 3.07. The summed E-state index contributed by atoms with van der Waals surface area (Å²) in [6.07, 6.45) is 0. The molecule has 1 unspecified atom stereocenters. The van der Waals surface area contributed by atoms with Gasteiger partial charge in [0, 0.05) is 15.7 Å². The fourth-order valence-corrected chi connectivity index (χ4v) is 9.75. The van der Waals surface area contributed by atoms with Crippen molar-refractivity contribution in [3.63, 3.8) is 0 Å². The second kappa shape index (κ2) is 4.54. The molecule has 1 spiro atoms. The van der Waals surface area contributed by atoms with Crippen LogP contribution in [-0.2, 0) is 13.6 Å². The second-order valence-corrected chi connectivity index (χ2v) is 10.4. The van der Waals surface area contributed by atoms with E-state index in [2.05, 4.69) is 27.7 Å². The molecule has 0 radical (unpaired) electrons. The number of rotatable bonds is 5. The first kappa shape index (κ1) is 16.0. The molecule has 19 heavy (non-hydrogen) atoms. The molecule has 3 nitrogen and oxygen atoms in total. The minimum absolute atomic E-state index is 0.0865. The molecule has 0 aromatic carbocycles. The van der Waals surface area contributed by atoms with E-state index in [1.165, 1.54) is 0 Å². The molecule has 110 valence electrons. The summed E-state index contributed by atoms with van der Waals surface area (Å²) in [6, 6.07) is 0. The van der Waals surface area contributed by atoms with Crippen LogP contribution in [0.5, 0.6) is 0 Å². The maximum atomic E-state index is 13.0. The Morgan fingerprint density at radius 3 is 1.95 bits per heavy atom. The molecule has 1 heterocycles. The van der Waals surface area contributed by atoms with Gasteiger partial charge < -0.3 is 9.05 Å². The van der Waals surface area contributed by atoms with E-state index in [0.29, 0.717) is 13.2 Å². The maximum absolute atomic E-state index is 13.0. The van der Waals surface area contributed by atoms with Gasteiger partial charge in [0.1, 0.15) is 4.99 Å². The Morgan fingerprint density at radius 2 is 1.58 bits per heavy atom. The molecule has 1 atom stereocenters. The SMILES string of the molecule is CCOP(=O)(OCC)C1SC12C(C)(C)C(=S)C2(C)C. The minimum atomic E-state index is -3.05. The Kier molecular flexibility index (Phi) is 3.82. The summed E-state index contributed by atoms with van der Waals surface area (Å²) in [5.74, 6) is 0. The van der Waals surface area contributed by atoms with E-state index < -0.39 is 7.60 Å². The van der Waals surface area contributed by atoms with Crippen molar-refractivity contribution in [1.29, 1.82) is 0 Å². The molecule has 1 saturated heterocycles. The first-order valence-electron chi connectivity index (χ1n) is 6.73. The van der Waals surface area contributed by atoms with Gasteiger partial charge in [-0.2, -0.15) is 0 Å². The van der Waals surface area contributed by atoms with Gasteiger partial charge in [-0.15, -0.1) is 11.8 Å². The molecule has 0 aromatic heterocycles. The lowest BCUT2D eigenvalue weighted by molar-refractivity contribution is 0.164. The van der Waals surface area contributed by atoms with Crippen LogP contribution in [0, 0.1) is 10.8 Å². The summed E-state index contributed by atoms with van der Waals surface area (Å²) in [4.78, 5) is 0.978. The van der Waals surface area contributed by atoms with Crippen molar-refractivity contribution in [3.05, 3.63) is 0 Å². The van der Waals surface area contributed by atoms with Crippen molar-refractivity contribution in [2.75, 3.05) is 13.2 Å². The molecule has 1 aliphatic heterocycles. The normalized spacial score (nSPS) is 30.2. The Balaban J connectivity index is 2.32. The van der Waals surface area contributed by atoms with Gasteiger partial charge in [0.15, 0.2) is 0 Å². The fourth-order valence-electron chi connectivity index (χ4n) is 3.71. The number of hydrogen-bond acceptors (Lipinski definition) is 5. The van der Waals surface area contributed by atoms with Gasteiger partial charge in [0.25, 0.3) is 0 Å². The predicted molar refractivity (Wildman–Crippen MR) is 85.1 cm³/mol. The van der Waals surface area contributed by atoms with Crippen molar-refractivity contribution < 1.29 is 13.6 Å². The third-order valence-corrected chi connectivity index (χ3v) is 10.9. The topological polar surface area (TPSA) is 35.5 Å². The van der Waals surface area contributed by atoms with Crippen molar-refractivity contribution in [2.45, 2.75) is 51.3 Å². The largest absolute Gasteiger partial charge is 0.345 e. The van der Waals surface area contributed by atoms with E-state index in [0.717, 1.165) is 4.86 Å². The first-order chi connectivity index (χ1) is 8.62. The molecule has 1 aliphatic carbocycles. The van der Waals surface area contributed by atoms with Crippen LogP contribution in [0.15, 0.2) is 0 Å². The highest BCUT2D eigenvalue weighted by atomic mass is 32.2. The van der Waals surface area contributed by atoms with Crippen LogP contribution >= 0.6 is 31.6 Å². The summed E-state index contributed by atoms with van der Waals surface area (Å²) in [7, 11) is -3.05. The molecular weight excluding hydrogens is 299 g/mol. The summed E-state index contributed by atoms with van der Waals surface area (Å²) in [5.41, 5.74) is -0.184. The molecule has 2 rings (SSSR count). The Labute approximate surface area is 125 Å². The second-order valence-electron chi connectivity index (χ2n) is 6.16. The van der Waals surface area contributed by atoms with Gasteiger partial charge in [-0.25, -0.2) is 0 Å². The summed E-state index contributed by atoms with van der Waals surface area (Å²) >= 11 is 7.29. The molecule has 2 fully saturated rings. The van der Waals surface area contributed by atoms with Crippen LogP contribution in [-0.4, -0.2) is 27.8 Å². The standard InChI is InChI=1S/C13H23O3PS2/c1-7-15-17(14,16-8-2)10-13(19-10)11(3,4)9(18)12(13,5)6/h10H,7-8H2,1-6H3. The molecule has 0 N–H and O–H groups in total. The lowest BCUT2D eigenvalue weighted by Crippen LogP contribution is -2.67. The van der Waals surface area contributed by atoms with Gasteiger partial charge >= 0.3 is 7.60 Å². The monoisotopic (exact) mass is 322 g/mol. The zero-order valence-electron chi connectivity index (χ0n) is 12.5. The van der Waals surface area contributed by atoms with Gasteiger partial charge in [-0.05, 0) is 13.8 Å². The highest BCUT2D eigenvalue weighted by Gasteiger charge is 2.85. The van der Waals surface area contributed by atoms with E-state index >= 15 is 0 Å². The van der Waals surface area contributed by atoms with Gasteiger partial charge in [-0.3, -0.25) is 4.57 Å². The lowest BCUT2D eigenvalue weighted by atomic mass is 9.48. The van der Waals surface area contributed by atoms with Gasteiger partial charge in [-0.1, -0.05) is 39.9 Å². The van der Waals surface area contributed by atoms with Gasteiger partial charge in [0.05, 0.1) is 18.0 Å². The van der Waals surface area contributed by atoms with Crippen LogP contribution in [0.3, 0.4) is 0 Å². The average molecular weight is 322 g/mol. The molecule has 0 bridgehead atoms. The van der Waals surface area contributed by atoms with Crippen LogP contribution in [0.1, 0.15) is 41.5 Å². The smallest absolute Gasteiger partial charge is 0.308 e. The zero-order chi connectivity index (χ0) is 14.7. The molecule has 0 amide bonds. The van der Waals surface area contributed by atoms with Crippen LogP contribution in [0.2, 0.25) is 0 Å². The van der Waals surface area contributed by atoms with Crippen LogP contribution in [0.4, 0.5) is 0 Å². The fraction of sp³-hybridized carbons (Fsp3) is 0.923. The van der Waals surface area contributed by atoms with Crippen molar-refractivity contribution in [1.82, 2.24) is 0 Å². The van der Waals surface area contributed by atoms with Crippen molar-refractivity contribution >= 4 is 36.4 Å². The number of thioether (sulfide) groups is 1. The molecule has 1 saturated carbocycles. The number of thiocarbonyl (C=S) groups is 1. The predicted octanol–water partition coefficient (Wildman–Crippen LogP) is 4.50. The highest BCUT2D eigenvalue weighted by Crippen LogP contribution is 2.88. The quantitative estimate of drug-likeness (QED) is 0.423. The van der Waals surface area contributed by atoms with E-state index in [9.17, 15) is 4.57 Å². The van der Waals surface area contributed by atoms with E-state index in [1.807, 2.05) is 13.8 Å². The van der Waals surface area contributed by atoms with Crippen molar-refractivity contribution in [3.8, 4) is 0 Å². The third-order valence-electron chi connectivity index (χ3n) is 4.49.